The Kier molecular flexibility index (Phi) is 3.90. The van der Waals surface area contributed by atoms with Crippen molar-refractivity contribution in [2.75, 3.05) is 0 Å². The van der Waals surface area contributed by atoms with Crippen LogP contribution in [0.1, 0.15) is 61.1 Å². The molecule has 1 heterocycles. The van der Waals surface area contributed by atoms with Gasteiger partial charge in [0.25, 0.3) is 0 Å². The first kappa shape index (κ1) is 13.4. The number of hydrogen-bond donors (Lipinski definition) is 0. The lowest BCUT2D eigenvalue weighted by Gasteiger charge is -2.20. The molecule has 106 valence electrons. The van der Waals surface area contributed by atoms with Crippen LogP contribution in [0.4, 0.5) is 0 Å². The topological polar surface area (TPSA) is 30.2 Å². The van der Waals surface area contributed by atoms with E-state index in [-0.39, 0.29) is 5.78 Å². The van der Waals surface area contributed by atoms with E-state index in [0.29, 0.717) is 12.2 Å². The minimum absolute atomic E-state index is 0.157. The van der Waals surface area contributed by atoms with Gasteiger partial charge in [0.15, 0.2) is 11.5 Å². The molecule has 20 heavy (non-hydrogen) atoms. The second-order valence-corrected chi connectivity index (χ2v) is 6.12. The maximum atomic E-state index is 12.2. The van der Waals surface area contributed by atoms with Crippen LogP contribution in [0.25, 0.3) is 11.0 Å². The van der Waals surface area contributed by atoms with Gasteiger partial charge in [0.05, 0.1) is 0 Å². The first-order chi connectivity index (χ1) is 9.72. The molecule has 3 rings (SSSR count). The van der Waals surface area contributed by atoms with Crippen molar-refractivity contribution in [2.45, 2.75) is 51.9 Å². The molecule has 0 amide bonds. The van der Waals surface area contributed by atoms with E-state index in [4.69, 9.17) is 4.42 Å². The highest BCUT2D eigenvalue weighted by Crippen LogP contribution is 2.28. The molecule has 1 aromatic heterocycles. The van der Waals surface area contributed by atoms with Crippen LogP contribution in [0.2, 0.25) is 0 Å². The molecule has 1 aliphatic carbocycles. The molecule has 0 N–H and O–H groups in total. The number of hydrogen-bond acceptors (Lipinski definition) is 2. The number of benzene rings is 1. The van der Waals surface area contributed by atoms with E-state index in [1.54, 1.807) is 0 Å². The van der Waals surface area contributed by atoms with E-state index in [9.17, 15) is 4.79 Å². The lowest BCUT2D eigenvalue weighted by atomic mass is 9.85. The molecule has 1 aliphatic rings. The van der Waals surface area contributed by atoms with Gasteiger partial charge >= 0.3 is 0 Å². The van der Waals surface area contributed by atoms with Crippen LogP contribution in [0.5, 0.6) is 0 Å². The Hall–Kier alpha value is -1.57. The average Bonchev–Trinajstić information content (AvgIpc) is 2.89. The number of carbonyl (C=O) groups excluding carboxylic acids is 1. The van der Waals surface area contributed by atoms with Gasteiger partial charge in [-0.2, -0.15) is 0 Å². The van der Waals surface area contributed by atoms with Crippen molar-refractivity contribution in [1.29, 1.82) is 0 Å². The summed E-state index contributed by atoms with van der Waals surface area (Å²) >= 11 is 0. The Morgan fingerprint density at radius 1 is 1.20 bits per heavy atom. The number of ketones is 1. The number of Topliss-reactive ketones (excluding diaryl/α,β-unsaturated/α-hetero) is 1. The fourth-order valence-electron chi connectivity index (χ4n) is 3.23. The zero-order chi connectivity index (χ0) is 13.9. The normalized spacial score (nSPS) is 16.6. The van der Waals surface area contributed by atoms with Gasteiger partial charge in [0.1, 0.15) is 5.58 Å². The molecule has 1 aromatic carbocycles. The molecule has 0 saturated heterocycles. The molecule has 0 spiro atoms. The van der Waals surface area contributed by atoms with E-state index in [1.165, 1.54) is 37.7 Å². The molecule has 0 bridgehead atoms. The van der Waals surface area contributed by atoms with Gasteiger partial charge in [-0.15, -0.1) is 0 Å². The molecule has 0 atom stereocenters. The van der Waals surface area contributed by atoms with E-state index in [2.05, 4.69) is 13.0 Å². The van der Waals surface area contributed by atoms with E-state index < -0.39 is 0 Å². The number of rotatable bonds is 4. The third-order valence-corrected chi connectivity index (χ3v) is 4.45. The van der Waals surface area contributed by atoms with Crippen LogP contribution in [-0.4, -0.2) is 5.78 Å². The van der Waals surface area contributed by atoms with Crippen LogP contribution >= 0.6 is 0 Å². The van der Waals surface area contributed by atoms with Gasteiger partial charge in [0.2, 0.25) is 0 Å². The van der Waals surface area contributed by atoms with E-state index in [0.717, 1.165) is 23.3 Å². The summed E-state index contributed by atoms with van der Waals surface area (Å²) in [7, 11) is 0. The second-order valence-electron chi connectivity index (χ2n) is 6.12. The highest BCUT2D eigenvalue weighted by molar-refractivity contribution is 5.97. The van der Waals surface area contributed by atoms with Crippen molar-refractivity contribution in [3.8, 4) is 0 Å². The Bertz CT molecular complexity index is 603. The Balaban J connectivity index is 1.65. The predicted molar refractivity (Wildman–Crippen MR) is 81.1 cm³/mol. The largest absolute Gasteiger partial charge is 0.453 e. The van der Waals surface area contributed by atoms with Crippen molar-refractivity contribution < 1.29 is 9.21 Å². The number of carbonyl (C=O) groups is 1. The highest BCUT2D eigenvalue weighted by Gasteiger charge is 2.17. The van der Waals surface area contributed by atoms with Crippen LogP contribution < -0.4 is 0 Å². The Morgan fingerprint density at radius 2 is 2.00 bits per heavy atom. The van der Waals surface area contributed by atoms with Crippen molar-refractivity contribution in [1.82, 2.24) is 0 Å². The number of fused-ring (bicyclic) bond motifs is 1. The van der Waals surface area contributed by atoms with E-state index >= 15 is 0 Å². The smallest absolute Gasteiger partial charge is 0.198 e. The van der Waals surface area contributed by atoms with Crippen LogP contribution in [-0.2, 0) is 0 Å². The lowest BCUT2D eigenvalue weighted by Crippen LogP contribution is -2.08. The van der Waals surface area contributed by atoms with Gasteiger partial charge < -0.3 is 4.42 Å². The summed E-state index contributed by atoms with van der Waals surface area (Å²) < 4.78 is 5.68. The Morgan fingerprint density at radius 3 is 2.80 bits per heavy atom. The average molecular weight is 270 g/mol. The van der Waals surface area contributed by atoms with Gasteiger partial charge in [-0.25, -0.2) is 0 Å². The van der Waals surface area contributed by atoms with Crippen LogP contribution in [0.3, 0.4) is 0 Å². The molecule has 2 nitrogen and oxygen atoms in total. The molecule has 1 saturated carbocycles. The van der Waals surface area contributed by atoms with Gasteiger partial charge in [-0.05, 0) is 37.5 Å². The monoisotopic (exact) mass is 270 g/mol. The zero-order valence-corrected chi connectivity index (χ0v) is 12.2. The van der Waals surface area contributed by atoms with Crippen LogP contribution in [0, 0.1) is 12.8 Å². The summed E-state index contributed by atoms with van der Waals surface area (Å²) in [5.41, 5.74) is 2.01. The molecule has 2 aromatic rings. The maximum Gasteiger partial charge on any atom is 0.198 e. The second kappa shape index (κ2) is 5.82. The summed E-state index contributed by atoms with van der Waals surface area (Å²) in [6, 6.07) is 7.92. The molecular formula is C18H22O2. The maximum absolute atomic E-state index is 12.2. The first-order valence-electron chi connectivity index (χ1n) is 7.76. The van der Waals surface area contributed by atoms with Gasteiger partial charge in [-0.1, -0.05) is 43.7 Å². The molecule has 1 fully saturated rings. The van der Waals surface area contributed by atoms with E-state index in [1.807, 2.05) is 18.2 Å². The van der Waals surface area contributed by atoms with Crippen molar-refractivity contribution >= 4 is 16.8 Å². The summed E-state index contributed by atoms with van der Waals surface area (Å²) in [4.78, 5) is 12.2. The fourth-order valence-corrected chi connectivity index (χ4v) is 3.23. The van der Waals surface area contributed by atoms with Gasteiger partial charge in [0, 0.05) is 11.8 Å². The highest BCUT2D eigenvalue weighted by atomic mass is 16.3. The van der Waals surface area contributed by atoms with Gasteiger partial charge in [-0.3, -0.25) is 4.79 Å². The number of aryl methyl sites for hydroxylation is 1. The summed E-state index contributed by atoms with van der Waals surface area (Å²) in [6.07, 6.45) is 8.29. The zero-order valence-electron chi connectivity index (χ0n) is 12.2. The van der Waals surface area contributed by atoms with Crippen LogP contribution in [0.15, 0.2) is 28.7 Å². The Labute approximate surface area is 120 Å². The molecular weight excluding hydrogens is 248 g/mol. The fraction of sp³-hybridized carbons (Fsp3) is 0.500. The quantitative estimate of drug-likeness (QED) is 0.707. The molecule has 2 heteroatoms. The third-order valence-electron chi connectivity index (χ3n) is 4.45. The SMILES string of the molecule is Cc1ccc2oc(C(=O)CCC3CCCCC3)cc2c1. The third kappa shape index (κ3) is 2.95. The van der Waals surface area contributed by atoms with Crippen molar-refractivity contribution in [2.24, 2.45) is 5.92 Å². The molecule has 0 aliphatic heterocycles. The lowest BCUT2D eigenvalue weighted by molar-refractivity contribution is 0.0945. The standard InChI is InChI=1S/C18H22O2/c1-13-7-10-17-15(11-13)12-18(20-17)16(19)9-8-14-5-3-2-4-6-14/h7,10-12,14H,2-6,8-9H2,1H3. The molecule has 0 radical (unpaired) electrons. The summed E-state index contributed by atoms with van der Waals surface area (Å²) in [6.45, 7) is 2.05. The molecule has 0 unspecified atom stereocenters. The summed E-state index contributed by atoms with van der Waals surface area (Å²) in [5.74, 6) is 1.44. The first-order valence-corrected chi connectivity index (χ1v) is 7.76. The van der Waals surface area contributed by atoms with Crippen molar-refractivity contribution in [3.63, 3.8) is 0 Å². The predicted octanol–water partition coefficient (Wildman–Crippen LogP) is 5.28. The minimum atomic E-state index is 0.157. The summed E-state index contributed by atoms with van der Waals surface area (Å²) in [5, 5.41) is 1.03. The minimum Gasteiger partial charge on any atom is -0.453 e. The number of furan rings is 1. The van der Waals surface area contributed by atoms with Crippen molar-refractivity contribution in [3.05, 3.63) is 35.6 Å².